The summed E-state index contributed by atoms with van der Waals surface area (Å²) in [7, 11) is 0. The molecule has 0 spiro atoms. The lowest BCUT2D eigenvalue weighted by Gasteiger charge is -2.35. The summed E-state index contributed by atoms with van der Waals surface area (Å²) in [6.45, 7) is 4.00. The van der Waals surface area contributed by atoms with Crippen LogP contribution in [-0.4, -0.2) is 50.6 Å². The lowest BCUT2D eigenvalue weighted by molar-refractivity contribution is -0.137. The summed E-state index contributed by atoms with van der Waals surface area (Å²) in [6, 6.07) is 8.23. The molecule has 1 aliphatic heterocycles. The van der Waals surface area contributed by atoms with Crippen LogP contribution in [-0.2, 0) is 16.1 Å². The second-order valence-corrected chi connectivity index (χ2v) is 9.51. The van der Waals surface area contributed by atoms with Crippen LogP contribution in [0.25, 0.3) is 11.4 Å². The smallest absolute Gasteiger partial charge is 0.225 e. The van der Waals surface area contributed by atoms with Crippen molar-refractivity contribution in [2.24, 2.45) is 5.92 Å². The van der Waals surface area contributed by atoms with Crippen LogP contribution in [0.3, 0.4) is 0 Å². The van der Waals surface area contributed by atoms with E-state index in [0.717, 1.165) is 50.2 Å². The van der Waals surface area contributed by atoms with Gasteiger partial charge in [-0.25, -0.2) is 0 Å². The predicted octanol–water partition coefficient (Wildman–Crippen LogP) is 3.99. The zero-order valence-corrected chi connectivity index (χ0v) is 19.6. The van der Waals surface area contributed by atoms with Crippen LogP contribution >= 0.6 is 12.2 Å². The van der Waals surface area contributed by atoms with Crippen molar-refractivity contribution < 1.29 is 9.59 Å². The van der Waals surface area contributed by atoms with E-state index < -0.39 is 0 Å². The quantitative estimate of drug-likeness (QED) is 0.645. The zero-order chi connectivity index (χ0) is 22.5. The molecule has 7 nitrogen and oxygen atoms in total. The molecule has 2 aromatic rings. The minimum atomic E-state index is 0.0139. The first-order valence-corrected chi connectivity index (χ1v) is 12.2. The molecule has 0 bridgehead atoms. The fraction of sp³-hybridized carbons (Fsp3) is 0.583. The Morgan fingerprint density at radius 3 is 2.47 bits per heavy atom. The molecule has 1 saturated heterocycles. The SMILES string of the molecule is Cc1ccc(-c2n[nH]c(=S)n2CCC(=O)NC2CCN(C(=O)C3CCCCC3)CC2)cc1. The fourth-order valence-corrected chi connectivity index (χ4v) is 5.04. The van der Waals surface area contributed by atoms with Crippen molar-refractivity contribution in [2.45, 2.75) is 70.9 Å². The van der Waals surface area contributed by atoms with Gasteiger partial charge >= 0.3 is 0 Å². The highest BCUT2D eigenvalue weighted by Gasteiger charge is 2.29. The number of aromatic nitrogens is 3. The number of piperidine rings is 1. The summed E-state index contributed by atoms with van der Waals surface area (Å²) in [5.41, 5.74) is 2.15. The Bertz CT molecular complexity index is 983. The molecule has 2 fully saturated rings. The number of H-pyrrole nitrogens is 1. The number of hydrogen-bond acceptors (Lipinski definition) is 4. The summed E-state index contributed by atoms with van der Waals surface area (Å²) in [5.74, 6) is 1.31. The van der Waals surface area contributed by atoms with Gasteiger partial charge in [0.2, 0.25) is 11.8 Å². The lowest BCUT2D eigenvalue weighted by atomic mass is 9.87. The Hall–Kier alpha value is -2.48. The highest BCUT2D eigenvalue weighted by atomic mass is 32.1. The molecular weight excluding hydrogens is 422 g/mol. The molecular formula is C24H33N5O2S. The third-order valence-electron chi connectivity index (χ3n) is 6.76. The number of likely N-dealkylation sites (tertiary alicyclic amines) is 1. The number of amides is 2. The Kier molecular flexibility index (Phi) is 7.40. The standard InChI is InChI=1S/C24H33N5O2S/c1-17-7-9-18(10-8-17)22-26-27-24(32)29(22)16-13-21(30)25-20-11-14-28(15-12-20)23(31)19-5-3-2-4-6-19/h7-10,19-20H,2-6,11-16H2,1H3,(H,25,30)(H,27,32). The molecule has 172 valence electrons. The van der Waals surface area contributed by atoms with Gasteiger partial charge in [-0.1, -0.05) is 49.1 Å². The number of nitrogens with zero attached hydrogens (tertiary/aromatic N) is 3. The van der Waals surface area contributed by atoms with E-state index in [1.54, 1.807) is 0 Å². The molecule has 32 heavy (non-hydrogen) atoms. The number of benzene rings is 1. The maximum Gasteiger partial charge on any atom is 0.225 e. The second-order valence-electron chi connectivity index (χ2n) is 9.12. The Balaban J connectivity index is 1.26. The van der Waals surface area contributed by atoms with E-state index >= 15 is 0 Å². The van der Waals surface area contributed by atoms with Crippen molar-refractivity contribution in [3.05, 3.63) is 34.6 Å². The number of rotatable bonds is 6. The molecule has 2 amide bonds. The van der Waals surface area contributed by atoms with Crippen molar-refractivity contribution in [3.8, 4) is 11.4 Å². The van der Waals surface area contributed by atoms with Crippen LogP contribution in [0, 0.1) is 17.6 Å². The van der Waals surface area contributed by atoms with Crippen LogP contribution in [0.15, 0.2) is 24.3 Å². The summed E-state index contributed by atoms with van der Waals surface area (Å²) < 4.78 is 2.40. The van der Waals surface area contributed by atoms with Gasteiger partial charge in [-0.15, -0.1) is 0 Å². The zero-order valence-electron chi connectivity index (χ0n) is 18.8. The number of aromatic amines is 1. The Morgan fingerprint density at radius 2 is 1.78 bits per heavy atom. The van der Waals surface area contributed by atoms with E-state index in [1.807, 2.05) is 40.7 Å². The number of carbonyl (C=O) groups is 2. The van der Waals surface area contributed by atoms with Gasteiger partial charge in [0, 0.05) is 43.6 Å². The van der Waals surface area contributed by atoms with Crippen molar-refractivity contribution in [2.75, 3.05) is 13.1 Å². The van der Waals surface area contributed by atoms with Gasteiger partial charge in [0.25, 0.3) is 0 Å². The van der Waals surface area contributed by atoms with E-state index in [1.165, 1.54) is 24.8 Å². The van der Waals surface area contributed by atoms with Crippen molar-refractivity contribution >= 4 is 24.0 Å². The van der Waals surface area contributed by atoms with Gasteiger partial charge in [0.05, 0.1) is 0 Å². The minimum Gasteiger partial charge on any atom is -0.353 e. The Morgan fingerprint density at radius 1 is 1.09 bits per heavy atom. The third-order valence-corrected chi connectivity index (χ3v) is 7.07. The minimum absolute atomic E-state index is 0.0139. The van der Waals surface area contributed by atoms with Gasteiger partial charge in [-0.05, 0) is 44.8 Å². The summed E-state index contributed by atoms with van der Waals surface area (Å²) in [5, 5.41) is 10.3. The molecule has 2 N–H and O–H groups in total. The van der Waals surface area contributed by atoms with Crippen LogP contribution < -0.4 is 5.32 Å². The molecule has 4 rings (SSSR count). The molecule has 0 unspecified atom stereocenters. The maximum absolute atomic E-state index is 12.7. The fourth-order valence-electron chi connectivity index (χ4n) is 4.81. The number of carbonyl (C=O) groups excluding carboxylic acids is 2. The van der Waals surface area contributed by atoms with E-state index in [4.69, 9.17) is 12.2 Å². The summed E-state index contributed by atoms with van der Waals surface area (Å²) in [4.78, 5) is 27.3. The van der Waals surface area contributed by atoms with Gasteiger partial charge in [0.15, 0.2) is 10.6 Å². The maximum atomic E-state index is 12.7. The molecule has 2 aliphatic rings. The molecule has 8 heteroatoms. The van der Waals surface area contributed by atoms with Crippen LogP contribution in [0.2, 0.25) is 0 Å². The van der Waals surface area contributed by atoms with Crippen molar-refractivity contribution in [3.63, 3.8) is 0 Å². The molecule has 1 aliphatic carbocycles. The third kappa shape index (κ3) is 5.46. The molecule has 1 aromatic heterocycles. The van der Waals surface area contributed by atoms with Crippen LogP contribution in [0.5, 0.6) is 0 Å². The lowest BCUT2D eigenvalue weighted by Crippen LogP contribution is -2.48. The van der Waals surface area contributed by atoms with Gasteiger partial charge in [-0.3, -0.25) is 19.3 Å². The van der Waals surface area contributed by atoms with E-state index in [2.05, 4.69) is 15.5 Å². The number of hydrogen-bond donors (Lipinski definition) is 2. The van der Waals surface area contributed by atoms with Crippen LogP contribution in [0.4, 0.5) is 0 Å². The first kappa shape index (κ1) is 22.7. The largest absolute Gasteiger partial charge is 0.353 e. The average Bonchev–Trinajstić information content (AvgIpc) is 3.19. The first-order valence-electron chi connectivity index (χ1n) is 11.8. The predicted molar refractivity (Wildman–Crippen MR) is 127 cm³/mol. The first-order chi connectivity index (χ1) is 15.5. The van der Waals surface area contributed by atoms with E-state index in [0.29, 0.717) is 23.6 Å². The number of nitrogens with one attached hydrogen (secondary N) is 2. The van der Waals surface area contributed by atoms with Gasteiger partial charge in [-0.2, -0.15) is 5.10 Å². The van der Waals surface area contributed by atoms with Gasteiger partial charge < -0.3 is 10.2 Å². The molecule has 1 aromatic carbocycles. The monoisotopic (exact) mass is 455 g/mol. The molecule has 1 saturated carbocycles. The molecule has 0 radical (unpaired) electrons. The normalized spacial score (nSPS) is 18.0. The van der Waals surface area contributed by atoms with Crippen molar-refractivity contribution in [1.29, 1.82) is 0 Å². The highest BCUT2D eigenvalue weighted by Crippen LogP contribution is 2.26. The molecule has 2 heterocycles. The topological polar surface area (TPSA) is 83.0 Å². The molecule has 0 atom stereocenters. The van der Waals surface area contributed by atoms with Crippen LogP contribution in [0.1, 0.15) is 56.9 Å². The summed E-state index contributed by atoms with van der Waals surface area (Å²) >= 11 is 5.38. The van der Waals surface area contributed by atoms with Crippen molar-refractivity contribution in [1.82, 2.24) is 25.0 Å². The average molecular weight is 456 g/mol. The second kappa shape index (κ2) is 10.4. The van der Waals surface area contributed by atoms with E-state index in [-0.39, 0.29) is 17.9 Å². The summed E-state index contributed by atoms with van der Waals surface area (Å²) in [6.07, 6.45) is 7.67. The van der Waals surface area contributed by atoms with E-state index in [9.17, 15) is 9.59 Å². The van der Waals surface area contributed by atoms with Gasteiger partial charge in [0.1, 0.15) is 0 Å². The number of aryl methyl sites for hydroxylation is 1. The Labute approximate surface area is 194 Å². The highest BCUT2D eigenvalue weighted by molar-refractivity contribution is 7.71.